The van der Waals surface area contributed by atoms with Crippen LogP contribution >= 0.6 is 0 Å². The molecule has 4 nitrogen and oxygen atoms in total. The number of aromatic carboxylic acids is 1. The van der Waals surface area contributed by atoms with Gasteiger partial charge in [0, 0.05) is 0 Å². The van der Waals surface area contributed by atoms with Crippen LogP contribution in [0.1, 0.15) is 16.1 Å². The molecule has 2 rings (SSSR count). The number of furan rings is 1. The van der Waals surface area contributed by atoms with Gasteiger partial charge in [-0.2, -0.15) is 0 Å². The van der Waals surface area contributed by atoms with Crippen molar-refractivity contribution >= 4 is 16.9 Å². The molecular formula is C11H10O4. The highest BCUT2D eigenvalue weighted by Crippen LogP contribution is 2.31. The zero-order chi connectivity index (χ0) is 11.0. The van der Waals surface area contributed by atoms with Crippen LogP contribution in [0.3, 0.4) is 0 Å². The van der Waals surface area contributed by atoms with Crippen molar-refractivity contribution in [3.8, 4) is 5.75 Å². The summed E-state index contributed by atoms with van der Waals surface area (Å²) < 4.78 is 10.5. The van der Waals surface area contributed by atoms with Gasteiger partial charge < -0.3 is 14.3 Å². The first-order valence-electron chi connectivity index (χ1n) is 4.44. The van der Waals surface area contributed by atoms with Crippen molar-refractivity contribution in [1.82, 2.24) is 0 Å². The summed E-state index contributed by atoms with van der Waals surface area (Å²) in [4.78, 5) is 10.9. The Morgan fingerprint density at radius 1 is 1.47 bits per heavy atom. The predicted molar refractivity (Wildman–Crippen MR) is 54.5 cm³/mol. The number of methoxy groups -OCH3 is 1. The monoisotopic (exact) mass is 206 g/mol. The number of carboxylic acid groups (broad SMARTS) is 1. The van der Waals surface area contributed by atoms with Crippen LogP contribution in [0.2, 0.25) is 0 Å². The summed E-state index contributed by atoms with van der Waals surface area (Å²) in [6.07, 6.45) is 0. The van der Waals surface area contributed by atoms with Crippen molar-refractivity contribution in [2.24, 2.45) is 0 Å². The third-order valence-corrected chi connectivity index (χ3v) is 2.22. The highest BCUT2D eigenvalue weighted by atomic mass is 16.5. The zero-order valence-electron chi connectivity index (χ0n) is 8.40. The molecule has 15 heavy (non-hydrogen) atoms. The topological polar surface area (TPSA) is 59.7 Å². The van der Waals surface area contributed by atoms with Gasteiger partial charge in [-0.25, -0.2) is 4.79 Å². The number of hydrogen-bond donors (Lipinski definition) is 1. The lowest BCUT2D eigenvalue weighted by molar-refractivity contribution is 0.0698. The molecule has 1 aromatic carbocycles. The molecule has 0 spiro atoms. The van der Waals surface area contributed by atoms with Crippen LogP contribution in [0.5, 0.6) is 5.75 Å². The van der Waals surface area contributed by atoms with Crippen molar-refractivity contribution in [2.45, 2.75) is 6.92 Å². The minimum Gasteiger partial charge on any atom is -0.496 e. The van der Waals surface area contributed by atoms with Crippen molar-refractivity contribution in [3.63, 3.8) is 0 Å². The van der Waals surface area contributed by atoms with Gasteiger partial charge in [-0.05, 0) is 25.1 Å². The van der Waals surface area contributed by atoms with Gasteiger partial charge >= 0.3 is 5.97 Å². The summed E-state index contributed by atoms with van der Waals surface area (Å²) in [6, 6.07) is 4.87. The van der Waals surface area contributed by atoms with E-state index >= 15 is 0 Å². The van der Waals surface area contributed by atoms with Gasteiger partial charge in [0.25, 0.3) is 0 Å². The molecule has 0 saturated carbocycles. The lowest BCUT2D eigenvalue weighted by Gasteiger charge is -2.02. The minimum atomic E-state index is -1.00. The van der Waals surface area contributed by atoms with Gasteiger partial charge in [-0.1, -0.05) is 0 Å². The zero-order valence-corrected chi connectivity index (χ0v) is 8.40. The lowest BCUT2D eigenvalue weighted by Crippen LogP contribution is -1.97. The summed E-state index contributed by atoms with van der Waals surface area (Å²) in [7, 11) is 1.54. The van der Waals surface area contributed by atoms with E-state index in [1.165, 1.54) is 13.2 Å². The molecule has 0 unspecified atom stereocenters. The molecule has 0 saturated heterocycles. The Balaban J connectivity index is 2.82. The van der Waals surface area contributed by atoms with Crippen molar-refractivity contribution < 1.29 is 19.1 Å². The van der Waals surface area contributed by atoms with Crippen LogP contribution in [-0.2, 0) is 0 Å². The number of carboxylic acids is 1. The van der Waals surface area contributed by atoms with Gasteiger partial charge in [-0.15, -0.1) is 0 Å². The second-order valence-electron chi connectivity index (χ2n) is 3.22. The Labute approximate surface area is 86.1 Å². The van der Waals surface area contributed by atoms with Gasteiger partial charge in [-0.3, -0.25) is 0 Å². The van der Waals surface area contributed by atoms with E-state index in [0.29, 0.717) is 22.5 Å². The van der Waals surface area contributed by atoms with E-state index in [9.17, 15) is 4.79 Å². The first-order chi connectivity index (χ1) is 7.13. The van der Waals surface area contributed by atoms with E-state index in [1.54, 1.807) is 19.1 Å². The number of fused-ring (bicyclic) bond motifs is 1. The largest absolute Gasteiger partial charge is 0.496 e. The SMILES string of the molecule is COc1ccc(C(=O)O)c2oc(C)cc12. The summed E-state index contributed by atoms with van der Waals surface area (Å²) in [5.74, 6) is 0.279. The van der Waals surface area contributed by atoms with E-state index < -0.39 is 5.97 Å². The second-order valence-corrected chi connectivity index (χ2v) is 3.22. The average molecular weight is 206 g/mol. The Hall–Kier alpha value is -1.97. The minimum absolute atomic E-state index is 0.152. The van der Waals surface area contributed by atoms with Crippen molar-refractivity contribution in [1.29, 1.82) is 0 Å². The van der Waals surface area contributed by atoms with Crippen LogP contribution in [0.15, 0.2) is 22.6 Å². The molecule has 1 N–H and O–H groups in total. The Kier molecular flexibility index (Phi) is 2.11. The van der Waals surface area contributed by atoms with E-state index in [2.05, 4.69) is 0 Å². The third-order valence-electron chi connectivity index (χ3n) is 2.22. The van der Waals surface area contributed by atoms with Gasteiger partial charge in [0.1, 0.15) is 17.1 Å². The maximum absolute atomic E-state index is 10.9. The first kappa shape index (κ1) is 9.58. The van der Waals surface area contributed by atoms with Crippen LogP contribution < -0.4 is 4.74 Å². The number of benzene rings is 1. The van der Waals surface area contributed by atoms with Crippen LogP contribution in [-0.4, -0.2) is 18.2 Å². The van der Waals surface area contributed by atoms with Gasteiger partial charge in [0.05, 0.1) is 12.5 Å². The smallest absolute Gasteiger partial charge is 0.339 e. The number of carbonyl (C=O) groups is 1. The fourth-order valence-corrected chi connectivity index (χ4v) is 1.57. The molecular weight excluding hydrogens is 196 g/mol. The maximum atomic E-state index is 10.9. The Morgan fingerprint density at radius 2 is 2.20 bits per heavy atom. The van der Waals surface area contributed by atoms with E-state index in [1.807, 2.05) is 0 Å². The average Bonchev–Trinajstić information content (AvgIpc) is 2.56. The maximum Gasteiger partial charge on any atom is 0.339 e. The van der Waals surface area contributed by atoms with Crippen molar-refractivity contribution in [2.75, 3.05) is 7.11 Å². The molecule has 0 bridgehead atoms. The fourth-order valence-electron chi connectivity index (χ4n) is 1.57. The summed E-state index contributed by atoms with van der Waals surface area (Å²) in [5.41, 5.74) is 0.512. The Morgan fingerprint density at radius 3 is 2.80 bits per heavy atom. The number of aryl methyl sites for hydroxylation is 1. The molecule has 0 radical (unpaired) electrons. The summed E-state index contributed by atoms with van der Waals surface area (Å²) >= 11 is 0. The van der Waals surface area contributed by atoms with E-state index in [-0.39, 0.29) is 5.56 Å². The number of ether oxygens (including phenoxy) is 1. The predicted octanol–water partition coefficient (Wildman–Crippen LogP) is 2.45. The van der Waals surface area contributed by atoms with E-state index in [0.717, 1.165) is 0 Å². The summed E-state index contributed by atoms with van der Waals surface area (Å²) in [5, 5.41) is 9.64. The fraction of sp³-hybridized carbons (Fsp3) is 0.182. The molecule has 0 atom stereocenters. The highest BCUT2D eigenvalue weighted by Gasteiger charge is 2.15. The van der Waals surface area contributed by atoms with Crippen molar-refractivity contribution in [3.05, 3.63) is 29.5 Å². The first-order valence-corrected chi connectivity index (χ1v) is 4.44. The second kappa shape index (κ2) is 3.31. The molecule has 4 heteroatoms. The van der Waals surface area contributed by atoms with Crippen LogP contribution in [0, 0.1) is 6.92 Å². The molecule has 1 aromatic heterocycles. The van der Waals surface area contributed by atoms with Crippen LogP contribution in [0.4, 0.5) is 0 Å². The highest BCUT2D eigenvalue weighted by molar-refractivity contribution is 6.03. The van der Waals surface area contributed by atoms with Gasteiger partial charge in [0.2, 0.25) is 0 Å². The standard InChI is InChI=1S/C11H10O4/c1-6-5-8-9(14-2)4-3-7(11(12)13)10(8)15-6/h3-5H,1-2H3,(H,12,13). The number of rotatable bonds is 2. The third kappa shape index (κ3) is 1.44. The molecule has 2 aromatic rings. The molecule has 78 valence electrons. The van der Waals surface area contributed by atoms with Gasteiger partial charge in [0.15, 0.2) is 5.58 Å². The lowest BCUT2D eigenvalue weighted by atomic mass is 10.1. The summed E-state index contributed by atoms with van der Waals surface area (Å²) in [6.45, 7) is 1.77. The number of hydrogen-bond acceptors (Lipinski definition) is 3. The molecule has 0 fully saturated rings. The Bertz CT molecular complexity index is 525. The molecule has 0 aliphatic carbocycles. The molecule has 0 aliphatic rings. The van der Waals surface area contributed by atoms with E-state index in [4.69, 9.17) is 14.3 Å². The quantitative estimate of drug-likeness (QED) is 0.819. The van der Waals surface area contributed by atoms with Crippen LogP contribution in [0.25, 0.3) is 11.0 Å². The molecule has 0 amide bonds. The molecule has 1 heterocycles. The molecule has 0 aliphatic heterocycles. The normalized spacial score (nSPS) is 10.5.